The third kappa shape index (κ3) is 2.38. The first-order chi connectivity index (χ1) is 8.43. The molecule has 1 heterocycles. The summed E-state index contributed by atoms with van der Waals surface area (Å²) in [7, 11) is -3.51. The highest BCUT2D eigenvalue weighted by Gasteiger charge is 2.27. The molecule has 0 radical (unpaired) electrons. The summed E-state index contributed by atoms with van der Waals surface area (Å²) in [5.74, 6) is -1.12. The fourth-order valence-electron chi connectivity index (χ4n) is 1.93. The van der Waals surface area contributed by atoms with E-state index in [0.717, 1.165) is 12.8 Å². The van der Waals surface area contributed by atoms with Crippen LogP contribution in [0, 0.1) is 0 Å². The van der Waals surface area contributed by atoms with Gasteiger partial charge < -0.3 is 5.11 Å². The molecule has 0 bridgehead atoms. The topological polar surface area (TPSA) is 74.7 Å². The molecule has 7 heteroatoms. The van der Waals surface area contributed by atoms with Crippen molar-refractivity contribution in [2.45, 2.75) is 22.6 Å². The van der Waals surface area contributed by atoms with Crippen LogP contribution in [0.15, 0.2) is 28.0 Å². The van der Waals surface area contributed by atoms with Crippen LogP contribution in [0.4, 0.5) is 0 Å². The monoisotopic (exact) mass is 287 g/mol. The molecule has 1 aliphatic rings. The van der Waals surface area contributed by atoms with Crippen LogP contribution < -0.4 is 0 Å². The van der Waals surface area contributed by atoms with Crippen molar-refractivity contribution in [3.8, 4) is 0 Å². The summed E-state index contributed by atoms with van der Waals surface area (Å²) in [5.41, 5.74) is -0.00120. The van der Waals surface area contributed by atoms with Crippen molar-refractivity contribution in [3.05, 3.63) is 23.8 Å². The van der Waals surface area contributed by atoms with Gasteiger partial charge in [-0.05, 0) is 31.0 Å². The largest absolute Gasteiger partial charge is 0.478 e. The summed E-state index contributed by atoms with van der Waals surface area (Å²) >= 11 is 4.02. The minimum Gasteiger partial charge on any atom is -0.478 e. The van der Waals surface area contributed by atoms with Crippen LogP contribution in [0.25, 0.3) is 0 Å². The minimum absolute atomic E-state index is 0.00120. The van der Waals surface area contributed by atoms with Crippen molar-refractivity contribution in [1.29, 1.82) is 0 Å². The van der Waals surface area contributed by atoms with Gasteiger partial charge in [-0.2, -0.15) is 4.31 Å². The van der Waals surface area contributed by atoms with Gasteiger partial charge in [0.25, 0.3) is 0 Å². The summed E-state index contributed by atoms with van der Waals surface area (Å²) in [6, 6.07) is 3.88. The predicted octanol–water partition coefficient (Wildman–Crippen LogP) is 1.46. The number of carboxylic acid groups (broad SMARTS) is 1. The maximum absolute atomic E-state index is 12.2. The molecule has 5 nitrogen and oxygen atoms in total. The van der Waals surface area contributed by atoms with Gasteiger partial charge in [0.2, 0.25) is 10.0 Å². The molecular weight excluding hydrogens is 274 g/mol. The molecule has 0 saturated carbocycles. The van der Waals surface area contributed by atoms with E-state index < -0.39 is 16.0 Å². The Bertz CT molecular complexity index is 577. The Kier molecular flexibility index (Phi) is 3.65. The standard InChI is InChI=1S/C11H13NO4S2/c13-11(14)9-4-3-8(7-10(9)17)18(15,16)12-5-1-2-6-12/h3-4,7,17H,1-2,5-6H2,(H,13,14). The van der Waals surface area contributed by atoms with Gasteiger partial charge in [0.05, 0.1) is 10.5 Å². The van der Waals surface area contributed by atoms with Gasteiger partial charge in [0.15, 0.2) is 0 Å². The Hall–Kier alpha value is -1.05. The van der Waals surface area contributed by atoms with Crippen molar-refractivity contribution >= 4 is 28.6 Å². The summed E-state index contributed by atoms with van der Waals surface area (Å²) in [6.07, 6.45) is 1.72. The lowest BCUT2D eigenvalue weighted by molar-refractivity contribution is 0.0693. The van der Waals surface area contributed by atoms with E-state index in [1.165, 1.54) is 22.5 Å². The molecule has 1 aromatic carbocycles. The second-order valence-electron chi connectivity index (χ2n) is 4.10. The van der Waals surface area contributed by atoms with Crippen LogP contribution in [0.5, 0.6) is 0 Å². The molecule has 1 saturated heterocycles. The molecule has 0 aliphatic carbocycles. The SMILES string of the molecule is O=C(O)c1ccc(S(=O)(=O)N2CCCC2)cc1S. The number of nitrogens with zero attached hydrogens (tertiary/aromatic N) is 1. The second-order valence-corrected chi connectivity index (χ2v) is 6.52. The van der Waals surface area contributed by atoms with Gasteiger partial charge in [-0.25, -0.2) is 13.2 Å². The van der Waals surface area contributed by atoms with E-state index in [0.29, 0.717) is 13.1 Å². The van der Waals surface area contributed by atoms with Crippen LogP contribution >= 0.6 is 12.6 Å². The van der Waals surface area contributed by atoms with Crippen molar-refractivity contribution in [1.82, 2.24) is 4.31 Å². The highest BCUT2D eigenvalue weighted by molar-refractivity contribution is 7.89. The molecule has 18 heavy (non-hydrogen) atoms. The number of benzene rings is 1. The molecule has 1 aliphatic heterocycles. The molecule has 1 aromatic rings. The van der Waals surface area contributed by atoms with Crippen molar-refractivity contribution in [2.24, 2.45) is 0 Å². The fourth-order valence-corrected chi connectivity index (χ4v) is 3.87. The highest BCUT2D eigenvalue weighted by Crippen LogP contribution is 2.24. The number of hydrogen-bond donors (Lipinski definition) is 2. The Balaban J connectivity index is 2.40. The Morgan fingerprint density at radius 1 is 1.28 bits per heavy atom. The fraction of sp³-hybridized carbons (Fsp3) is 0.364. The summed E-state index contributed by atoms with van der Waals surface area (Å²) in [6.45, 7) is 1.04. The van der Waals surface area contributed by atoms with Crippen LogP contribution in [-0.2, 0) is 10.0 Å². The molecular formula is C11H13NO4S2. The van der Waals surface area contributed by atoms with E-state index in [9.17, 15) is 13.2 Å². The van der Waals surface area contributed by atoms with Crippen molar-refractivity contribution in [3.63, 3.8) is 0 Å². The highest BCUT2D eigenvalue weighted by atomic mass is 32.2. The third-order valence-corrected chi connectivity index (χ3v) is 5.17. The van der Waals surface area contributed by atoms with Gasteiger partial charge >= 0.3 is 5.97 Å². The summed E-state index contributed by atoms with van der Waals surface area (Å²) < 4.78 is 25.8. The second kappa shape index (κ2) is 4.91. The third-order valence-electron chi connectivity index (χ3n) is 2.90. The van der Waals surface area contributed by atoms with Crippen molar-refractivity contribution < 1.29 is 18.3 Å². The lowest BCUT2D eigenvalue weighted by atomic mass is 10.2. The maximum atomic E-state index is 12.2. The smallest absolute Gasteiger partial charge is 0.336 e. The van der Waals surface area contributed by atoms with Gasteiger partial charge in [-0.1, -0.05) is 0 Å². The molecule has 0 aromatic heterocycles. The van der Waals surface area contributed by atoms with Gasteiger partial charge in [-0.3, -0.25) is 0 Å². The van der Waals surface area contributed by atoms with Crippen LogP contribution in [0.1, 0.15) is 23.2 Å². The number of aromatic carboxylic acids is 1. The van der Waals surface area contributed by atoms with Crippen LogP contribution in [0.2, 0.25) is 0 Å². The van der Waals surface area contributed by atoms with Gasteiger partial charge in [0.1, 0.15) is 0 Å². The zero-order chi connectivity index (χ0) is 13.3. The normalized spacial score (nSPS) is 16.9. The molecule has 1 N–H and O–H groups in total. The first-order valence-corrected chi connectivity index (χ1v) is 7.38. The zero-order valence-electron chi connectivity index (χ0n) is 9.54. The average molecular weight is 287 g/mol. The quantitative estimate of drug-likeness (QED) is 0.825. The number of sulfonamides is 1. The maximum Gasteiger partial charge on any atom is 0.336 e. The van der Waals surface area contributed by atoms with E-state index in [1.807, 2.05) is 0 Å². The number of rotatable bonds is 3. The number of carboxylic acids is 1. The van der Waals surface area contributed by atoms with E-state index in [-0.39, 0.29) is 15.4 Å². The molecule has 98 valence electrons. The summed E-state index contributed by atoms with van der Waals surface area (Å²) in [4.78, 5) is 11.1. The van der Waals surface area contributed by atoms with E-state index in [1.54, 1.807) is 0 Å². The molecule has 0 atom stereocenters. The Labute approximate surface area is 111 Å². The van der Waals surface area contributed by atoms with Crippen LogP contribution in [0.3, 0.4) is 0 Å². The average Bonchev–Trinajstić information content (AvgIpc) is 2.82. The minimum atomic E-state index is -3.51. The molecule has 0 spiro atoms. The molecule has 2 rings (SSSR count). The van der Waals surface area contributed by atoms with E-state index in [4.69, 9.17) is 5.11 Å². The molecule has 0 unspecified atom stereocenters. The first-order valence-electron chi connectivity index (χ1n) is 5.49. The Morgan fingerprint density at radius 2 is 1.89 bits per heavy atom. The lowest BCUT2D eigenvalue weighted by Crippen LogP contribution is -2.27. The molecule has 1 fully saturated rings. The predicted molar refractivity (Wildman–Crippen MR) is 68.6 cm³/mol. The summed E-state index contributed by atoms with van der Waals surface area (Å²) in [5, 5.41) is 8.86. The van der Waals surface area contributed by atoms with E-state index >= 15 is 0 Å². The van der Waals surface area contributed by atoms with E-state index in [2.05, 4.69) is 12.6 Å². The van der Waals surface area contributed by atoms with Crippen molar-refractivity contribution in [2.75, 3.05) is 13.1 Å². The van der Waals surface area contributed by atoms with Crippen LogP contribution in [-0.4, -0.2) is 36.9 Å². The number of carbonyl (C=O) groups is 1. The zero-order valence-corrected chi connectivity index (χ0v) is 11.2. The lowest BCUT2D eigenvalue weighted by Gasteiger charge is -2.16. The number of hydrogen-bond acceptors (Lipinski definition) is 4. The van der Waals surface area contributed by atoms with Gasteiger partial charge in [-0.15, -0.1) is 12.6 Å². The number of thiol groups is 1. The molecule has 0 amide bonds. The van der Waals surface area contributed by atoms with Gasteiger partial charge in [0, 0.05) is 18.0 Å². The first kappa shape index (κ1) is 13.4. The Morgan fingerprint density at radius 3 is 2.39 bits per heavy atom.